The number of hydrogen-bond acceptors (Lipinski definition) is 1. The van der Waals surface area contributed by atoms with Gasteiger partial charge in [-0.1, -0.05) is 0 Å². The lowest BCUT2D eigenvalue weighted by atomic mass is 10.1. The van der Waals surface area contributed by atoms with Crippen LogP contribution < -0.4 is 0 Å². The monoisotopic (exact) mass is 248 g/mol. The maximum Gasteiger partial charge on any atom is 0.383 e. The van der Waals surface area contributed by atoms with E-state index in [0.29, 0.717) is 0 Å². The molecule has 0 radical (unpaired) electrons. The highest BCUT2D eigenvalue weighted by Gasteiger charge is 2.78. The van der Waals surface area contributed by atoms with Crippen LogP contribution in [0.2, 0.25) is 0 Å². The van der Waals surface area contributed by atoms with Gasteiger partial charge in [-0.3, -0.25) is 0 Å². The van der Waals surface area contributed by atoms with E-state index in [1.807, 2.05) is 0 Å². The van der Waals surface area contributed by atoms with Crippen molar-refractivity contribution >= 4 is 0 Å². The summed E-state index contributed by atoms with van der Waals surface area (Å²) < 4.78 is 81.1. The Morgan fingerprint density at radius 3 is 1.69 bits per heavy atom. The molecule has 94 valence electrons. The third-order valence-electron chi connectivity index (χ3n) is 1.85. The van der Waals surface area contributed by atoms with Crippen molar-refractivity contribution in [3.05, 3.63) is 11.8 Å². The predicted molar refractivity (Wildman–Crippen MR) is 43.8 cm³/mol. The Kier molecular flexibility index (Phi) is 2.53. The number of halogens is 6. The smallest absolute Gasteiger partial charge is 0.383 e. The molecule has 0 bridgehead atoms. The molecule has 1 aliphatic rings. The van der Waals surface area contributed by atoms with Gasteiger partial charge in [-0.25, -0.2) is 0 Å². The molecule has 7 heteroatoms. The first kappa shape index (κ1) is 13.2. The molecule has 0 saturated heterocycles. The first-order valence-corrected chi connectivity index (χ1v) is 4.37. The fourth-order valence-electron chi connectivity index (χ4n) is 1.13. The van der Waals surface area contributed by atoms with Crippen LogP contribution in [0.15, 0.2) is 11.8 Å². The maximum absolute atomic E-state index is 13.0. The highest BCUT2D eigenvalue weighted by atomic mass is 19.3. The van der Waals surface area contributed by atoms with Crippen molar-refractivity contribution in [1.82, 2.24) is 0 Å². The van der Waals surface area contributed by atoms with Crippen LogP contribution in [-0.4, -0.2) is 23.4 Å². The van der Waals surface area contributed by atoms with Crippen LogP contribution in [0.1, 0.15) is 20.8 Å². The molecule has 0 saturated carbocycles. The first-order valence-electron chi connectivity index (χ1n) is 4.37. The molecule has 0 heterocycles. The summed E-state index contributed by atoms with van der Waals surface area (Å²) >= 11 is 0. The zero-order valence-corrected chi connectivity index (χ0v) is 8.75. The summed E-state index contributed by atoms with van der Waals surface area (Å²) in [4.78, 5) is 0. The first-order chi connectivity index (χ1) is 6.81. The van der Waals surface area contributed by atoms with E-state index in [1.54, 1.807) is 0 Å². The number of ether oxygens (including phenoxy) is 1. The topological polar surface area (TPSA) is 9.23 Å². The molecule has 0 amide bonds. The summed E-state index contributed by atoms with van der Waals surface area (Å²) in [7, 11) is 0. The van der Waals surface area contributed by atoms with Crippen molar-refractivity contribution < 1.29 is 31.1 Å². The van der Waals surface area contributed by atoms with Crippen molar-refractivity contribution in [2.45, 2.75) is 44.1 Å². The van der Waals surface area contributed by atoms with Gasteiger partial charge in [0.05, 0.1) is 0 Å². The zero-order valence-electron chi connectivity index (χ0n) is 8.75. The van der Waals surface area contributed by atoms with E-state index in [0.717, 1.165) is 0 Å². The molecule has 0 aliphatic heterocycles. The van der Waals surface area contributed by atoms with E-state index in [2.05, 4.69) is 4.74 Å². The van der Waals surface area contributed by atoms with Crippen molar-refractivity contribution in [3.63, 3.8) is 0 Å². The lowest BCUT2D eigenvalue weighted by Gasteiger charge is -2.28. The molecule has 0 atom stereocenters. The van der Waals surface area contributed by atoms with E-state index in [1.165, 1.54) is 20.8 Å². The maximum atomic E-state index is 13.0. The van der Waals surface area contributed by atoms with Crippen LogP contribution in [0.5, 0.6) is 0 Å². The summed E-state index contributed by atoms with van der Waals surface area (Å²) in [5, 5.41) is 0. The van der Waals surface area contributed by atoms with Crippen LogP contribution in [-0.2, 0) is 4.74 Å². The molecule has 1 rings (SSSR count). The van der Waals surface area contributed by atoms with Gasteiger partial charge in [-0.15, -0.1) is 0 Å². The van der Waals surface area contributed by atoms with Gasteiger partial charge in [0.15, 0.2) is 5.76 Å². The Labute approximate surface area is 88.1 Å². The lowest BCUT2D eigenvalue weighted by Crippen LogP contribution is -2.49. The van der Waals surface area contributed by atoms with Gasteiger partial charge in [0, 0.05) is 6.08 Å². The number of alkyl halides is 6. The minimum atomic E-state index is -5.46. The molecule has 0 aromatic heterocycles. The third kappa shape index (κ3) is 1.76. The fourth-order valence-corrected chi connectivity index (χ4v) is 1.13. The summed E-state index contributed by atoms with van der Waals surface area (Å²) in [5.41, 5.74) is -1.26. The van der Waals surface area contributed by atoms with Crippen molar-refractivity contribution in [2.24, 2.45) is 0 Å². The second kappa shape index (κ2) is 3.07. The average Bonchev–Trinajstić information content (AvgIpc) is 2.07. The number of rotatable bonds is 1. The Balaban J connectivity index is 3.14. The molecular formula is C9H10F6O. The van der Waals surface area contributed by atoms with E-state index in [4.69, 9.17) is 0 Å². The second-order valence-electron chi connectivity index (χ2n) is 4.49. The summed E-state index contributed by atoms with van der Waals surface area (Å²) in [6.07, 6.45) is -0.516. The molecule has 0 N–H and O–H groups in total. The van der Waals surface area contributed by atoms with Gasteiger partial charge in [-0.05, 0) is 20.8 Å². The van der Waals surface area contributed by atoms with Crippen LogP contribution in [0, 0.1) is 0 Å². The Hall–Kier alpha value is -0.880. The normalized spacial score (nSPS) is 26.4. The van der Waals surface area contributed by atoms with Gasteiger partial charge in [0.2, 0.25) is 0 Å². The molecule has 0 aromatic carbocycles. The number of hydrogen-bond donors (Lipinski definition) is 0. The van der Waals surface area contributed by atoms with E-state index < -0.39 is 35.2 Å². The SMILES string of the molecule is CC(C)(C)OC1=CC(F)(F)C(F)(F)C1(F)F. The molecule has 0 unspecified atom stereocenters. The van der Waals surface area contributed by atoms with E-state index in [-0.39, 0.29) is 0 Å². The molecule has 0 spiro atoms. The minimum Gasteiger partial charge on any atom is -0.486 e. The molecule has 1 aliphatic carbocycles. The zero-order chi connectivity index (χ0) is 13.0. The van der Waals surface area contributed by atoms with Crippen LogP contribution in [0.3, 0.4) is 0 Å². The molecule has 1 nitrogen and oxygen atoms in total. The molecule has 0 fully saturated rings. The van der Waals surface area contributed by atoms with Gasteiger partial charge in [-0.2, -0.15) is 26.3 Å². The third-order valence-corrected chi connectivity index (χ3v) is 1.85. The largest absolute Gasteiger partial charge is 0.486 e. The fraction of sp³-hybridized carbons (Fsp3) is 0.778. The highest BCUT2D eigenvalue weighted by Crippen LogP contribution is 2.56. The molecule has 16 heavy (non-hydrogen) atoms. The van der Waals surface area contributed by atoms with Gasteiger partial charge in [0.25, 0.3) is 0 Å². The van der Waals surface area contributed by atoms with Gasteiger partial charge < -0.3 is 4.74 Å². The van der Waals surface area contributed by atoms with Crippen LogP contribution in [0.4, 0.5) is 26.3 Å². The van der Waals surface area contributed by atoms with E-state index >= 15 is 0 Å². The quantitative estimate of drug-likeness (QED) is 0.644. The van der Waals surface area contributed by atoms with Crippen LogP contribution in [0.25, 0.3) is 0 Å². The summed E-state index contributed by atoms with van der Waals surface area (Å²) in [6, 6.07) is 0. The lowest BCUT2D eigenvalue weighted by molar-refractivity contribution is -0.272. The molecular weight excluding hydrogens is 238 g/mol. The summed E-state index contributed by atoms with van der Waals surface area (Å²) in [6.45, 7) is 3.87. The predicted octanol–water partition coefficient (Wildman–Crippen LogP) is 3.60. The Morgan fingerprint density at radius 2 is 1.44 bits per heavy atom. The highest BCUT2D eigenvalue weighted by molar-refractivity contribution is 5.29. The van der Waals surface area contributed by atoms with Crippen molar-refractivity contribution in [3.8, 4) is 0 Å². The average molecular weight is 248 g/mol. The minimum absolute atomic E-state index is 0.516. The number of allylic oxidation sites excluding steroid dienone is 2. The van der Waals surface area contributed by atoms with Crippen molar-refractivity contribution in [1.29, 1.82) is 0 Å². The summed E-state index contributed by atoms with van der Waals surface area (Å²) in [5.74, 6) is -17.0. The standard InChI is InChI=1S/C9H10F6O/c1-6(2,3)16-5-4-7(10,11)9(14,15)8(5,12)13/h4H,1-3H3. The Morgan fingerprint density at radius 1 is 1.00 bits per heavy atom. The van der Waals surface area contributed by atoms with Gasteiger partial charge >= 0.3 is 17.8 Å². The van der Waals surface area contributed by atoms with E-state index in [9.17, 15) is 26.3 Å². The second-order valence-corrected chi connectivity index (χ2v) is 4.49. The molecule has 0 aromatic rings. The van der Waals surface area contributed by atoms with Gasteiger partial charge in [0.1, 0.15) is 5.60 Å². The Bertz CT molecular complexity index is 325. The van der Waals surface area contributed by atoms with Crippen molar-refractivity contribution in [2.75, 3.05) is 0 Å². The van der Waals surface area contributed by atoms with Crippen LogP contribution >= 0.6 is 0 Å².